The molecule has 21 heavy (non-hydrogen) atoms. The molecule has 1 aromatic carbocycles. The third-order valence-electron chi connectivity index (χ3n) is 3.09. The fourth-order valence-electron chi connectivity index (χ4n) is 2.22. The fraction of sp³-hybridized carbons (Fsp3) is 0.400. The average Bonchev–Trinajstić information content (AvgIpc) is 2.65. The van der Waals surface area contributed by atoms with Crippen LogP contribution in [-0.2, 0) is 20.1 Å². The van der Waals surface area contributed by atoms with Crippen molar-refractivity contribution in [2.24, 2.45) is 12.8 Å². The van der Waals surface area contributed by atoms with Crippen LogP contribution in [-0.4, -0.2) is 15.8 Å². The van der Waals surface area contributed by atoms with Crippen molar-refractivity contribution >= 4 is 23.2 Å². The predicted molar refractivity (Wildman–Crippen MR) is 86.1 cm³/mol. The van der Waals surface area contributed by atoms with E-state index in [1.165, 1.54) is 0 Å². The molecule has 2 aromatic rings. The number of nitrogens with zero attached hydrogens (tertiary/aromatic N) is 2. The number of hydrogen-bond donors (Lipinski definition) is 1. The molecule has 0 spiro atoms. The summed E-state index contributed by atoms with van der Waals surface area (Å²) in [5.41, 5.74) is 8.72. The van der Waals surface area contributed by atoms with Gasteiger partial charge in [0.1, 0.15) is 12.4 Å². The Hall–Kier alpha value is -1.23. The summed E-state index contributed by atoms with van der Waals surface area (Å²) in [6, 6.07) is 5.51. The summed E-state index contributed by atoms with van der Waals surface area (Å²) in [5, 5.41) is 5.37. The molecule has 0 saturated heterocycles. The van der Waals surface area contributed by atoms with Gasteiger partial charge in [0.25, 0.3) is 0 Å². The topological polar surface area (TPSA) is 53.1 Å². The van der Waals surface area contributed by atoms with Crippen molar-refractivity contribution < 1.29 is 4.74 Å². The van der Waals surface area contributed by atoms with Crippen LogP contribution >= 0.6 is 23.2 Å². The molecule has 0 aliphatic heterocycles. The monoisotopic (exact) mass is 327 g/mol. The van der Waals surface area contributed by atoms with E-state index in [1.807, 2.05) is 33.0 Å². The van der Waals surface area contributed by atoms with Crippen LogP contribution in [0.25, 0.3) is 0 Å². The normalized spacial score (nSPS) is 12.5. The lowest BCUT2D eigenvalue weighted by Crippen LogP contribution is -2.18. The quantitative estimate of drug-likeness (QED) is 0.914. The highest BCUT2D eigenvalue weighted by atomic mass is 35.5. The van der Waals surface area contributed by atoms with E-state index >= 15 is 0 Å². The molecule has 0 radical (unpaired) electrons. The smallest absolute Gasteiger partial charge is 0.141 e. The van der Waals surface area contributed by atoms with Crippen LogP contribution in [0.2, 0.25) is 10.0 Å². The van der Waals surface area contributed by atoms with Gasteiger partial charge in [-0.05, 0) is 44.0 Å². The van der Waals surface area contributed by atoms with Crippen LogP contribution in [0.5, 0.6) is 5.75 Å². The second-order valence-corrected chi connectivity index (χ2v) is 6.09. The Bertz CT molecular complexity index is 638. The van der Waals surface area contributed by atoms with Crippen molar-refractivity contribution in [3.8, 4) is 5.75 Å². The Morgan fingerprint density at radius 2 is 2.05 bits per heavy atom. The second-order valence-electron chi connectivity index (χ2n) is 5.25. The Balaban J connectivity index is 2.24. The molecule has 0 saturated carbocycles. The van der Waals surface area contributed by atoms with Gasteiger partial charge >= 0.3 is 0 Å². The van der Waals surface area contributed by atoms with E-state index in [1.54, 1.807) is 10.7 Å². The molecule has 114 valence electrons. The first-order chi connectivity index (χ1) is 9.86. The van der Waals surface area contributed by atoms with Crippen LogP contribution in [0.3, 0.4) is 0 Å². The van der Waals surface area contributed by atoms with Gasteiger partial charge in [0.2, 0.25) is 0 Å². The van der Waals surface area contributed by atoms with Gasteiger partial charge in [0.05, 0.1) is 16.4 Å². The molecule has 1 unspecified atom stereocenters. The second kappa shape index (κ2) is 6.69. The summed E-state index contributed by atoms with van der Waals surface area (Å²) in [4.78, 5) is 0. The van der Waals surface area contributed by atoms with E-state index in [9.17, 15) is 0 Å². The molecule has 0 amide bonds. The maximum absolute atomic E-state index is 6.26. The third kappa shape index (κ3) is 4.13. The van der Waals surface area contributed by atoms with Crippen molar-refractivity contribution in [3.05, 3.63) is 45.2 Å². The van der Waals surface area contributed by atoms with Crippen LogP contribution in [0.4, 0.5) is 0 Å². The first kappa shape index (κ1) is 16.1. The van der Waals surface area contributed by atoms with Crippen molar-refractivity contribution in [2.45, 2.75) is 32.9 Å². The van der Waals surface area contributed by atoms with Gasteiger partial charge in [-0.25, -0.2) is 0 Å². The number of rotatable bonds is 5. The molecule has 6 heteroatoms. The SMILES string of the molecule is Cc1cc(COc2c(Cl)cc(Cl)cc2CC(C)N)n(C)n1. The van der Waals surface area contributed by atoms with Gasteiger partial charge in [-0.15, -0.1) is 0 Å². The van der Waals surface area contributed by atoms with E-state index in [4.69, 9.17) is 33.7 Å². The summed E-state index contributed by atoms with van der Waals surface area (Å²) >= 11 is 12.3. The molecular weight excluding hydrogens is 309 g/mol. The van der Waals surface area contributed by atoms with Crippen molar-refractivity contribution in [2.75, 3.05) is 0 Å². The van der Waals surface area contributed by atoms with Crippen LogP contribution in [0.1, 0.15) is 23.9 Å². The molecule has 0 fully saturated rings. The van der Waals surface area contributed by atoms with Crippen molar-refractivity contribution in [3.63, 3.8) is 0 Å². The molecular formula is C15H19Cl2N3O. The predicted octanol–water partition coefficient (Wildman–Crippen LogP) is 3.50. The summed E-state index contributed by atoms with van der Waals surface area (Å²) in [6.45, 7) is 4.27. The lowest BCUT2D eigenvalue weighted by molar-refractivity contribution is 0.291. The van der Waals surface area contributed by atoms with E-state index in [0.29, 0.717) is 28.8 Å². The van der Waals surface area contributed by atoms with Gasteiger partial charge in [-0.3, -0.25) is 4.68 Å². The minimum Gasteiger partial charge on any atom is -0.485 e. The Morgan fingerprint density at radius 3 is 2.62 bits per heavy atom. The number of aromatic nitrogens is 2. The average molecular weight is 328 g/mol. The summed E-state index contributed by atoms with van der Waals surface area (Å²) in [6.07, 6.45) is 0.653. The number of hydrogen-bond acceptors (Lipinski definition) is 3. The lowest BCUT2D eigenvalue weighted by Gasteiger charge is -2.15. The Morgan fingerprint density at radius 1 is 1.33 bits per heavy atom. The molecule has 2 N–H and O–H groups in total. The first-order valence-electron chi connectivity index (χ1n) is 6.72. The Labute approximate surface area is 134 Å². The van der Waals surface area contributed by atoms with E-state index in [-0.39, 0.29) is 6.04 Å². The number of benzene rings is 1. The van der Waals surface area contributed by atoms with Crippen LogP contribution < -0.4 is 10.5 Å². The lowest BCUT2D eigenvalue weighted by atomic mass is 10.1. The van der Waals surface area contributed by atoms with Crippen LogP contribution in [0, 0.1) is 6.92 Å². The highest BCUT2D eigenvalue weighted by molar-refractivity contribution is 6.35. The molecule has 2 rings (SSSR count). The molecule has 1 atom stereocenters. The molecule has 1 aromatic heterocycles. The van der Waals surface area contributed by atoms with Gasteiger partial charge < -0.3 is 10.5 Å². The molecule has 0 aliphatic rings. The van der Waals surface area contributed by atoms with Gasteiger partial charge in [0.15, 0.2) is 0 Å². The summed E-state index contributed by atoms with van der Waals surface area (Å²) < 4.78 is 7.69. The first-order valence-corrected chi connectivity index (χ1v) is 7.48. The van der Waals surface area contributed by atoms with E-state index in [2.05, 4.69) is 5.10 Å². The maximum atomic E-state index is 6.26. The van der Waals surface area contributed by atoms with Gasteiger partial charge in [-0.2, -0.15) is 5.10 Å². The highest BCUT2D eigenvalue weighted by Gasteiger charge is 2.13. The number of ether oxygens (including phenoxy) is 1. The minimum atomic E-state index is 0.000769. The minimum absolute atomic E-state index is 0.000769. The van der Waals surface area contributed by atoms with E-state index in [0.717, 1.165) is 17.0 Å². The number of nitrogens with two attached hydrogens (primary N) is 1. The Kier molecular flexibility index (Phi) is 5.14. The fourth-order valence-corrected chi connectivity index (χ4v) is 2.81. The summed E-state index contributed by atoms with van der Waals surface area (Å²) in [5.74, 6) is 0.636. The summed E-state index contributed by atoms with van der Waals surface area (Å²) in [7, 11) is 1.89. The van der Waals surface area contributed by atoms with Gasteiger partial charge in [-0.1, -0.05) is 23.2 Å². The zero-order valence-corrected chi connectivity index (χ0v) is 13.9. The van der Waals surface area contributed by atoms with Gasteiger partial charge in [0, 0.05) is 18.1 Å². The zero-order chi connectivity index (χ0) is 15.6. The largest absolute Gasteiger partial charge is 0.485 e. The van der Waals surface area contributed by atoms with E-state index < -0.39 is 0 Å². The molecule has 4 nitrogen and oxygen atoms in total. The molecule has 1 heterocycles. The zero-order valence-electron chi connectivity index (χ0n) is 12.4. The number of halogens is 2. The molecule has 0 bridgehead atoms. The van der Waals surface area contributed by atoms with Crippen molar-refractivity contribution in [1.29, 1.82) is 0 Å². The number of aryl methyl sites for hydroxylation is 2. The van der Waals surface area contributed by atoms with Crippen molar-refractivity contribution in [1.82, 2.24) is 9.78 Å². The third-order valence-corrected chi connectivity index (χ3v) is 3.59. The highest BCUT2D eigenvalue weighted by Crippen LogP contribution is 2.33. The van der Waals surface area contributed by atoms with Crippen LogP contribution in [0.15, 0.2) is 18.2 Å². The standard InChI is InChI=1S/C15H19Cl2N3O/c1-9(18)4-11-6-12(16)7-14(17)15(11)21-8-13-5-10(2)19-20(13)3/h5-7,9H,4,8,18H2,1-3H3. The maximum Gasteiger partial charge on any atom is 0.141 e. The molecule has 0 aliphatic carbocycles.